The molecule has 0 bridgehead atoms. The maximum Gasteiger partial charge on any atom is 0.0780 e. The Kier molecular flexibility index (Phi) is 4.15. The summed E-state index contributed by atoms with van der Waals surface area (Å²) < 4.78 is 0. The fourth-order valence-corrected chi connectivity index (χ4v) is 5.03. The highest BCUT2D eigenvalue weighted by atomic mass is 14.7. The van der Waals surface area contributed by atoms with Crippen LogP contribution < -0.4 is 0 Å². The zero-order chi connectivity index (χ0) is 21.1. The van der Waals surface area contributed by atoms with Crippen LogP contribution in [-0.2, 0) is 11.8 Å². The average molecular weight is 392 g/mol. The molecular weight excluding hydrogens is 362 g/mol. The quantitative estimate of drug-likeness (QED) is 0.340. The van der Waals surface area contributed by atoms with Crippen molar-refractivity contribution in [3.05, 3.63) is 89.6 Å². The average Bonchev–Trinajstić information content (AvgIpc) is 2.93. The first-order valence-corrected chi connectivity index (χ1v) is 10.9. The summed E-state index contributed by atoms with van der Waals surface area (Å²) in [5.74, 6) is 0. The maximum atomic E-state index is 4.80. The van der Waals surface area contributed by atoms with Crippen LogP contribution in [0.1, 0.15) is 51.3 Å². The summed E-state index contributed by atoms with van der Waals surface area (Å²) in [6, 6.07) is 24.7. The number of benzene rings is 3. The third-order valence-corrected chi connectivity index (χ3v) is 6.42. The number of nitrogens with zero attached hydrogens (tertiary/aromatic N) is 1. The fourth-order valence-electron chi connectivity index (χ4n) is 5.03. The van der Waals surface area contributed by atoms with Crippen molar-refractivity contribution in [3.8, 4) is 22.4 Å². The first kappa shape index (κ1) is 19.1. The molecule has 0 N–H and O–H groups in total. The minimum absolute atomic E-state index is 0.00635. The zero-order valence-electron chi connectivity index (χ0n) is 18.6. The second kappa shape index (κ2) is 6.54. The van der Waals surface area contributed by atoms with E-state index >= 15 is 0 Å². The van der Waals surface area contributed by atoms with Gasteiger partial charge >= 0.3 is 0 Å². The summed E-state index contributed by atoms with van der Waals surface area (Å²) in [6.45, 7) is 11.5. The highest BCUT2D eigenvalue weighted by molar-refractivity contribution is 5.96. The largest absolute Gasteiger partial charge is 0.256 e. The molecule has 1 heteroatoms. The SMILES string of the molecule is CC(C)(C)Cc1ccc2c(-c3ccc4c(c3)C(C)(C)c3ccccc3-4)nccc2c1. The summed E-state index contributed by atoms with van der Waals surface area (Å²) in [6.07, 6.45) is 3.03. The van der Waals surface area contributed by atoms with E-state index in [4.69, 9.17) is 4.98 Å². The maximum absolute atomic E-state index is 4.80. The van der Waals surface area contributed by atoms with Crippen LogP contribution in [0.4, 0.5) is 0 Å². The van der Waals surface area contributed by atoms with Crippen LogP contribution in [0.15, 0.2) is 72.9 Å². The van der Waals surface area contributed by atoms with E-state index in [2.05, 4.69) is 101 Å². The van der Waals surface area contributed by atoms with Gasteiger partial charge in [-0.25, -0.2) is 0 Å². The molecule has 1 aliphatic carbocycles. The highest BCUT2D eigenvalue weighted by Crippen LogP contribution is 2.49. The Morgan fingerprint density at radius 3 is 2.37 bits per heavy atom. The summed E-state index contributed by atoms with van der Waals surface area (Å²) >= 11 is 0. The van der Waals surface area contributed by atoms with Gasteiger partial charge < -0.3 is 0 Å². The Morgan fingerprint density at radius 2 is 1.57 bits per heavy atom. The van der Waals surface area contributed by atoms with Gasteiger partial charge in [-0.1, -0.05) is 89.2 Å². The number of hydrogen-bond acceptors (Lipinski definition) is 1. The molecule has 1 nitrogen and oxygen atoms in total. The molecule has 3 aromatic carbocycles. The van der Waals surface area contributed by atoms with E-state index < -0.39 is 0 Å². The molecule has 0 atom stereocenters. The fraction of sp³-hybridized carbons (Fsp3) is 0.276. The van der Waals surface area contributed by atoms with E-state index in [1.165, 1.54) is 44.2 Å². The highest BCUT2D eigenvalue weighted by Gasteiger charge is 2.35. The number of hydrogen-bond donors (Lipinski definition) is 0. The van der Waals surface area contributed by atoms with Crippen LogP contribution in [0.2, 0.25) is 0 Å². The van der Waals surface area contributed by atoms with Gasteiger partial charge in [-0.3, -0.25) is 4.98 Å². The molecule has 4 aromatic rings. The molecule has 1 aliphatic rings. The van der Waals surface area contributed by atoms with Crippen LogP contribution >= 0.6 is 0 Å². The van der Waals surface area contributed by atoms with Gasteiger partial charge in [0, 0.05) is 22.6 Å². The Bertz CT molecular complexity index is 1270. The monoisotopic (exact) mass is 391 g/mol. The van der Waals surface area contributed by atoms with Gasteiger partial charge in [0.05, 0.1) is 5.69 Å². The molecule has 0 radical (unpaired) electrons. The summed E-state index contributed by atoms with van der Waals surface area (Å²) in [5, 5.41) is 2.49. The molecule has 30 heavy (non-hydrogen) atoms. The molecule has 0 saturated carbocycles. The molecule has 0 saturated heterocycles. The third-order valence-electron chi connectivity index (χ3n) is 6.42. The molecule has 1 heterocycles. The van der Waals surface area contributed by atoms with Crippen LogP contribution in [-0.4, -0.2) is 4.98 Å². The van der Waals surface area contributed by atoms with Gasteiger partial charge in [0.1, 0.15) is 0 Å². The summed E-state index contributed by atoms with van der Waals surface area (Å²) in [7, 11) is 0. The summed E-state index contributed by atoms with van der Waals surface area (Å²) in [4.78, 5) is 4.80. The second-order valence-corrected chi connectivity index (χ2v) is 10.4. The van der Waals surface area contributed by atoms with Gasteiger partial charge in [-0.15, -0.1) is 0 Å². The van der Waals surface area contributed by atoms with Gasteiger partial charge in [0.15, 0.2) is 0 Å². The summed E-state index contributed by atoms with van der Waals surface area (Å²) in [5.41, 5.74) is 9.47. The van der Waals surface area contributed by atoms with E-state index in [0.717, 1.165) is 12.1 Å². The Labute approximate surface area is 179 Å². The third kappa shape index (κ3) is 3.04. The van der Waals surface area contributed by atoms with Crippen molar-refractivity contribution in [3.63, 3.8) is 0 Å². The lowest BCUT2D eigenvalue weighted by Gasteiger charge is -2.22. The molecule has 0 unspecified atom stereocenters. The van der Waals surface area contributed by atoms with E-state index in [1.54, 1.807) is 0 Å². The zero-order valence-corrected chi connectivity index (χ0v) is 18.6. The Balaban J connectivity index is 1.63. The molecule has 5 rings (SSSR count). The van der Waals surface area contributed by atoms with E-state index in [0.29, 0.717) is 0 Å². The molecule has 0 aliphatic heterocycles. The Hall–Kier alpha value is -2.93. The molecule has 150 valence electrons. The predicted octanol–water partition coefficient (Wildman–Crippen LogP) is 7.80. The minimum Gasteiger partial charge on any atom is -0.256 e. The standard InChI is InChI=1S/C29H29N/c1-28(2,3)18-19-10-12-22-20(16-19)14-15-30-27(22)21-11-13-24-23-8-6-7-9-25(23)29(4,5)26(24)17-21/h6-17H,18H2,1-5H3. The topological polar surface area (TPSA) is 12.9 Å². The van der Waals surface area contributed by atoms with Crippen LogP contribution in [0.5, 0.6) is 0 Å². The molecular formula is C29H29N. The van der Waals surface area contributed by atoms with E-state index in [1.807, 2.05) is 6.20 Å². The lowest BCUT2D eigenvalue weighted by Crippen LogP contribution is -2.14. The van der Waals surface area contributed by atoms with Gasteiger partial charge in [0.25, 0.3) is 0 Å². The molecule has 0 amide bonds. The van der Waals surface area contributed by atoms with Crippen molar-refractivity contribution in [2.45, 2.75) is 46.5 Å². The molecule has 1 aromatic heterocycles. The minimum atomic E-state index is 0.00635. The van der Waals surface area contributed by atoms with Crippen molar-refractivity contribution < 1.29 is 0 Å². The predicted molar refractivity (Wildman–Crippen MR) is 128 cm³/mol. The number of fused-ring (bicyclic) bond motifs is 4. The first-order valence-electron chi connectivity index (χ1n) is 10.9. The lowest BCUT2D eigenvalue weighted by atomic mass is 9.81. The molecule has 0 spiro atoms. The number of aromatic nitrogens is 1. The normalized spacial score (nSPS) is 14.6. The number of pyridine rings is 1. The number of rotatable bonds is 2. The van der Waals surface area contributed by atoms with Crippen LogP contribution in [0.3, 0.4) is 0 Å². The van der Waals surface area contributed by atoms with Crippen LogP contribution in [0.25, 0.3) is 33.2 Å². The van der Waals surface area contributed by atoms with Crippen molar-refractivity contribution in [2.75, 3.05) is 0 Å². The van der Waals surface area contributed by atoms with Gasteiger partial charge in [-0.2, -0.15) is 0 Å². The second-order valence-electron chi connectivity index (χ2n) is 10.4. The van der Waals surface area contributed by atoms with Crippen LogP contribution in [0, 0.1) is 5.41 Å². The molecule has 0 fully saturated rings. The van der Waals surface area contributed by atoms with Crippen molar-refractivity contribution in [1.82, 2.24) is 4.98 Å². The first-order chi connectivity index (χ1) is 14.2. The Morgan fingerprint density at radius 1 is 0.800 bits per heavy atom. The van der Waals surface area contributed by atoms with Gasteiger partial charge in [-0.05, 0) is 57.2 Å². The van der Waals surface area contributed by atoms with Crippen molar-refractivity contribution in [2.24, 2.45) is 5.41 Å². The van der Waals surface area contributed by atoms with Crippen molar-refractivity contribution in [1.29, 1.82) is 0 Å². The van der Waals surface area contributed by atoms with Gasteiger partial charge in [0.2, 0.25) is 0 Å². The van der Waals surface area contributed by atoms with E-state index in [9.17, 15) is 0 Å². The van der Waals surface area contributed by atoms with E-state index in [-0.39, 0.29) is 10.8 Å². The lowest BCUT2D eigenvalue weighted by molar-refractivity contribution is 0.411. The smallest absolute Gasteiger partial charge is 0.0780 e. The van der Waals surface area contributed by atoms with Crippen molar-refractivity contribution >= 4 is 10.8 Å².